The Hall–Kier alpha value is -0.980. The van der Waals surface area contributed by atoms with E-state index in [-0.39, 0.29) is 24.5 Å². The fraction of sp³-hybridized carbons (Fsp3) is 0.667. The fourth-order valence-corrected chi connectivity index (χ4v) is 4.09. The lowest BCUT2D eigenvalue weighted by atomic mass is 9.93. The van der Waals surface area contributed by atoms with E-state index in [0.29, 0.717) is 6.61 Å². The number of hydrogen-bond donors (Lipinski definition) is 2. The summed E-state index contributed by atoms with van der Waals surface area (Å²) in [5, 5.41) is 14.5. The molecule has 23 heavy (non-hydrogen) atoms. The second-order valence-electron chi connectivity index (χ2n) is 6.85. The highest BCUT2D eigenvalue weighted by Crippen LogP contribution is 2.32. The molecule has 1 aromatic rings. The Balaban J connectivity index is 1.45. The molecule has 5 atom stereocenters. The highest BCUT2D eigenvalue weighted by Gasteiger charge is 2.51. The van der Waals surface area contributed by atoms with E-state index in [1.807, 2.05) is 18.2 Å². The van der Waals surface area contributed by atoms with Crippen molar-refractivity contribution in [3.63, 3.8) is 0 Å². The SMILES string of the molecule is OC1C(NCc2ccccc2)C2COC(O2)C1N1CCCCC1. The van der Waals surface area contributed by atoms with Crippen LogP contribution in [0.1, 0.15) is 24.8 Å². The molecule has 2 N–H and O–H groups in total. The van der Waals surface area contributed by atoms with E-state index in [4.69, 9.17) is 9.47 Å². The van der Waals surface area contributed by atoms with Gasteiger partial charge in [-0.25, -0.2) is 0 Å². The van der Waals surface area contributed by atoms with E-state index in [9.17, 15) is 5.11 Å². The fourth-order valence-electron chi connectivity index (χ4n) is 4.09. The van der Waals surface area contributed by atoms with E-state index in [1.165, 1.54) is 24.8 Å². The third kappa shape index (κ3) is 3.16. The summed E-state index contributed by atoms with van der Waals surface area (Å²) in [4.78, 5) is 2.36. The molecule has 3 fully saturated rings. The summed E-state index contributed by atoms with van der Waals surface area (Å²) < 4.78 is 11.9. The number of nitrogens with one attached hydrogen (secondary N) is 1. The topological polar surface area (TPSA) is 54.0 Å². The summed E-state index contributed by atoms with van der Waals surface area (Å²) in [5.41, 5.74) is 1.22. The summed E-state index contributed by atoms with van der Waals surface area (Å²) in [5.74, 6) is 0. The molecule has 5 nitrogen and oxygen atoms in total. The van der Waals surface area contributed by atoms with Crippen molar-refractivity contribution < 1.29 is 14.6 Å². The zero-order chi connectivity index (χ0) is 15.6. The Morgan fingerprint density at radius 1 is 1.13 bits per heavy atom. The first-order valence-corrected chi connectivity index (χ1v) is 8.79. The number of ether oxygens (including phenoxy) is 2. The van der Waals surface area contributed by atoms with Gasteiger partial charge >= 0.3 is 0 Å². The Morgan fingerprint density at radius 3 is 2.70 bits per heavy atom. The summed E-state index contributed by atoms with van der Waals surface area (Å²) in [6, 6.07) is 10.2. The van der Waals surface area contributed by atoms with Gasteiger partial charge in [-0.05, 0) is 31.5 Å². The van der Waals surface area contributed by atoms with Crippen LogP contribution < -0.4 is 5.32 Å². The first kappa shape index (κ1) is 15.5. The number of benzene rings is 1. The number of nitrogens with zero attached hydrogens (tertiary/aromatic N) is 1. The Bertz CT molecular complexity index is 506. The van der Waals surface area contributed by atoms with Crippen molar-refractivity contribution in [3.05, 3.63) is 35.9 Å². The van der Waals surface area contributed by atoms with Crippen molar-refractivity contribution in [1.29, 1.82) is 0 Å². The van der Waals surface area contributed by atoms with Crippen molar-refractivity contribution in [2.45, 2.75) is 56.4 Å². The molecule has 0 radical (unpaired) electrons. The Kier molecular flexibility index (Phi) is 4.64. The normalized spacial score (nSPS) is 37.9. The van der Waals surface area contributed by atoms with E-state index >= 15 is 0 Å². The van der Waals surface area contributed by atoms with Gasteiger partial charge in [-0.15, -0.1) is 0 Å². The molecule has 0 saturated carbocycles. The minimum atomic E-state index is -0.455. The summed E-state index contributed by atoms with van der Waals surface area (Å²) in [6.45, 7) is 3.36. The second-order valence-corrected chi connectivity index (χ2v) is 6.85. The van der Waals surface area contributed by atoms with Crippen LogP contribution in [0.5, 0.6) is 0 Å². The molecular weight excluding hydrogens is 292 g/mol. The molecule has 0 aromatic heterocycles. The monoisotopic (exact) mass is 318 g/mol. The molecule has 5 heteroatoms. The molecular formula is C18H26N2O3. The maximum atomic E-state index is 11.0. The molecule has 3 aliphatic rings. The van der Waals surface area contributed by atoms with Crippen molar-refractivity contribution >= 4 is 0 Å². The van der Waals surface area contributed by atoms with E-state index < -0.39 is 6.10 Å². The van der Waals surface area contributed by atoms with Gasteiger partial charge in [-0.3, -0.25) is 4.90 Å². The Labute approximate surface area is 137 Å². The van der Waals surface area contributed by atoms with Crippen LogP contribution in [0.15, 0.2) is 30.3 Å². The van der Waals surface area contributed by atoms with Crippen molar-refractivity contribution in [2.75, 3.05) is 19.7 Å². The highest BCUT2D eigenvalue weighted by atomic mass is 16.7. The van der Waals surface area contributed by atoms with Crippen LogP contribution in [-0.4, -0.2) is 60.3 Å². The average molecular weight is 318 g/mol. The molecule has 3 heterocycles. The molecule has 0 amide bonds. The zero-order valence-electron chi connectivity index (χ0n) is 13.4. The van der Waals surface area contributed by atoms with Gasteiger partial charge in [0.2, 0.25) is 0 Å². The molecule has 3 aliphatic heterocycles. The van der Waals surface area contributed by atoms with Gasteiger partial charge in [0.1, 0.15) is 6.10 Å². The summed E-state index contributed by atoms with van der Waals surface area (Å²) in [7, 11) is 0. The molecule has 3 saturated heterocycles. The molecule has 5 unspecified atom stereocenters. The largest absolute Gasteiger partial charge is 0.390 e. The predicted octanol–water partition coefficient (Wildman–Crippen LogP) is 1.12. The van der Waals surface area contributed by atoms with Crippen molar-refractivity contribution in [1.82, 2.24) is 10.2 Å². The zero-order valence-corrected chi connectivity index (χ0v) is 13.4. The van der Waals surface area contributed by atoms with Crippen LogP contribution in [0.4, 0.5) is 0 Å². The number of fused-ring (bicyclic) bond motifs is 2. The molecule has 4 rings (SSSR count). The minimum absolute atomic E-state index is 0.0534. The quantitative estimate of drug-likeness (QED) is 0.871. The molecule has 0 spiro atoms. The highest BCUT2D eigenvalue weighted by molar-refractivity contribution is 5.15. The molecule has 126 valence electrons. The number of likely N-dealkylation sites (tertiary alicyclic amines) is 1. The molecule has 2 bridgehead atoms. The number of aliphatic hydroxyl groups excluding tert-OH is 1. The molecule has 1 aromatic carbocycles. The van der Waals surface area contributed by atoms with Gasteiger partial charge in [-0.1, -0.05) is 36.8 Å². The van der Waals surface area contributed by atoms with Gasteiger partial charge in [-0.2, -0.15) is 0 Å². The van der Waals surface area contributed by atoms with Crippen LogP contribution in [0.3, 0.4) is 0 Å². The number of aliphatic hydroxyl groups is 1. The predicted molar refractivity (Wildman–Crippen MR) is 86.9 cm³/mol. The standard InChI is InChI=1S/C18H26N2O3/c21-17-15(19-11-13-7-3-1-4-8-13)14-12-22-18(23-14)16(17)20-9-5-2-6-10-20/h1,3-4,7-8,14-19,21H,2,5-6,9-12H2. The lowest BCUT2D eigenvalue weighted by Gasteiger charge is -2.45. The van der Waals surface area contributed by atoms with Crippen LogP contribution >= 0.6 is 0 Å². The lowest BCUT2D eigenvalue weighted by molar-refractivity contribution is -0.184. The van der Waals surface area contributed by atoms with Gasteiger partial charge in [0.25, 0.3) is 0 Å². The maximum Gasteiger partial charge on any atom is 0.176 e. The van der Waals surface area contributed by atoms with Crippen LogP contribution in [0, 0.1) is 0 Å². The van der Waals surface area contributed by atoms with E-state index in [0.717, 1.165) is 19.6 Å². The number of hydrogen-bond acceptors (Lipinski definition) is 5. The van der Waals surface area contributed by atoms with Gasteiger partial charge in [0.05, 0.1) is 24.8 Å². The number of rotatable bonds is 4. The van der Waals surface area contributed by atoms with Crippen LogP contribution in [-0.2, 0) is 16.0 Å². The summed E-state index contributed by atoms with van der Waals surface area (Å²) >= 11 is 0. The van der Waals surface area contributed by atoms with Crippen LogP contribution in [0.2, 0.25) is 0 Å². The lowest BCUT2D eigenvalue weighted by Crippen LogP contribution is -2.64. The smallest absolute Gasteiger partial charge is 0.176 e. The third-order valence-electron chi connectivity index (χ3n) is 5.33. The molecule has 0 aliphatic carbocycles. The van der Waals surface area contributed by atoms with Gasteiger partial charge in [0, 0.05) is 6.54 Å². The average Bonchev–Trinajstić information content (AvgIpc) is 3.02. The van der Waals surface area contributed by atoms with Crippen LogP contribution in [0.25, 0.3) is 0 Å². The first-order valence-electron chi connectivity index (χ1n) is 8.79. The second kappa shape index (κ2) is 6.87. The summed E-state index contributed by atoms with van der Waals surface area (Å²) in [6.07, 6.45) is 2.89. The van der Waals surface area contributed by atoms with Crippen molar-refractivity contribution in [3.8, 4) is 0 Å². The third-order valence-corrected chi connectivity index (χ3v) is 5.33. The van der Waals surface area contributed by atoms with Gasteiger partial charge in [0.15, 0.2) is 6.29 Å². The Morgan fingerprint density at radius 2 is 1.91 bits per heavy atom. The van der Waals surface area contributed by atoms with Crippen molar-refractivity contribution in [2.24, 2.45) is 0 Å². The minimum Gasteiger partial charge on any atom is -0.390 e. The van der Waals surface area contributed by atoms with E-state index in [2.05, 4.69) is 22.3 Å². The maximum absolute atomic E-state index is 11.0. The van der Waals surface area contributed by atoms with Gasteiger partial charge < -0.3 is 19.9 Å². The number of piperidine rings is 1. The first-order chi connectivity index (χ1) is 11.3. The van der Waals surface area contributed by atoms with E-state index in [1.54, 1.807) is 0 Å².